The molecule has 1 aliphatic heterocycles. The summed E-state index contributed by atoms with van der Waals surface area (Å²) >= 11 is 1.27. The second kappa shape index (κ2) is 8.63. The lowest BCUT2D eigenvalue weighted by atomic mass is 10.1. The maximum absolute atomic E-state index is 13.0. The zero-order valence-electron chi connectivity index (χ0n) is 16.5. The molecule has 1 aliphatic rings. The Labute approximate surface area is 179 Å². The molecule has 0 saturated carbocycles. The Hall–Kier alpha value is -2.62. The van der Waals surface area contributed by atoms with Gasteiger partial charge in [0.15, 0.2) is 0 Å². The van der Waals surface area contributed by atoms with Crippen molar-refractivity contribution in [3.8, 4) is 10.6 Å². The number of carbonyl (C=O) groups excluding carboxylic acids is 1. The molecule has 2 heterocycles. The van der Waals surface area contributed by atoms with E-state index in [-0.39, 0.29) is 4.90 Å². The average Bonchev–Trinajstić information content (AvgIpc) is 3.23. The van der Waals surface area contributed by atoms with Gasteiger partial charge in [0.25, 0.3) is 5.91 Å². The smallest absolute Gasteiger partial charge is 0.257 e. The highest BCUT2D eigenvalue weighted by Crippen LogP contribution is 2.27. The average molecular weight is 443 g/mol. The number of hydrogen-bond acceptors (Lipinski definition) is 6. The molecule has 1 aromatic heterocycles. The van der Waals surface area contributed by atoms with E-state index in [0.717, 1.165) is 24.8 Å². The third kappa shape index (κ3) is 4.28. The van der Waals surface area contributed by atoms with Crippen LogP contribution in [0.5, 0.6) is 0 Å². The van der Waals surface area contributed by atoms with Crippen molar-refractivity contribution in [1.82, 2.24) is 14.5 Å². The van der Waals surface area contributed by atoms with E-state index in [1.165, 1.54) is 21.7 Å². The van der Waals surface area contributed by atoms with Gasteiger partial charge in [0.2, 0.25) is 15.2 Å². The van der Waals surface area contributed by atoms with Gasteiger partial charge in [0.1, 0.15) is 5.01 Å². The van der Waals surface area contributed by atoms with Gasteiger partial charge in [-0.2, -0.15) is 4.31 Å². The lowest BCUT2D eigenvalue weighted by Crippen LogP contribution is -2.35. The lowest BCUT2D eigenvalue weighted by Gasteiger charge is -2.26. The summed E-state index contributed by atoms with van der Waals surface area (Å²) < 4.78 is 27.4. The number of aryl methyl sites for hydroxylation is 1. The minimum atomic E-state index is -3.61. The van der Waals surface area contributed by atoms with Crippen LogP contribution in [0.25, 0.3) is 10.6 Å². The van der Waals surface area contributed by atoms with Gasteiger partial charge >= 0.3 is 0 Å². The molecule has 156 valence electrons. The van der Waals surface area contributed by atoms with Crippen LogP contribution < -0.4 is 5.32 Å². The standard InChI is InChI=1S/C21H22N4O3S2/c1-15-10-11-17(30(27,28)25-12-6-3-7-13-25)14-18(15)19(26)22-21-24-23-20(29-21)16-8-4-2-5-9-16/h2,4-5,8-11,14H,3,6-7,12-13H2,1H3,(H,22,24,26). The van der Waals surface area contributed by atoms with Crippen molar-refractivity contribution in [2.45, 2.75) is 31.1 Å². The van der Waals surface area contributed by atoms with Crippen molar-refractivity contribution in [3.63, 3.8) is 0 Å². The molecule has 7 nitrogen and oxygen atoms in total. The third-order valence-electron chi connectivity index (χ3n) is 5.07. The molecule has 0 radical (unpaired) electrons. The van der Waals surface area contributed by atoms with Crippen LogP contribution in [-0.4, -0.2) is 41.9 Å². The Balaban J connectivity index is 1.56. The number of rotatable bonds is 5. The van der Waals surface area contributed by atoms with Crippen molar-refractivity contribution in [3.05, 3.63) is 59.7 Å². The molecule has 2 aromatic carbocycles. The number of hydrogen-bond donors (Lipinski definition) is 1. The van der Waals surface area contributed by atoms with Gasteiger partial charge in [-0.3, -0.25) is 10.1 Å². The zero-order valence-corrected chi connectivity index (χ0v) is 18.2. The number of nitrogens with one attached hydrogen (secondary N) is 1. The van der Waals surface area contributed by atoms with E-state index in [9.17, 15) is 13.2 Å². The van der Waals surface area contributed by atoms with Crippen LogP contribution >= 0.6 is 11.3 Å². The molecule has 0 bridgehead atoms. The topological polar surface area (TPSA) is 92.3 Å². The normalized spacial score (nSPS) is 15.1. The van der Waals surface area contributed by atoms with Crippen molar-refractivity contribution >= 4 is 32.4 Å². The quantitative estimate of drug-likeness (QED) is 0.646. The van der Waals surface area contributed by atoms with E-state index in [1.807, 2.05) is 30.3 Å². The number of nitrogens with zero attached hydrogens (tertiary/aromatic N) is 3. The fourth-order valence-electron chi connectivity index (χ4n) is 3.40. The van der Waals surface area contributed by atoms with Gasteiger partial charge in [-0.05, 0) is 37.5 Å². The van der Waals surface area contributed by atoms with Gasteiger partial charge in [-0.1, -0.05) is 54.2 Å². The predicted octanol–water partition coefficient (Wildman–Crippen LogP) is 3.94. The molecular formula is C21H22N4O3S2. The zero-order chi connectivity index (χ0) is 21.1. The van der Waals surface area contributed by atoms with E-state index >= 15 is 0 Å². The van der Waals surface area contributed by atoms with Gasteiger partial charge in [0.05, 0.1) is 4.90 Å². The van der Waals surface area contributed by atoms with E-state index in [1.54, 1.807) is 19.1 Å². The molecule has 30 heavy (non-hydrogen) atoms. The van der Waals surface area contributed by atoms with E-state index in [2.05, 4.69) is 15.5 Å². The molecule has 0 atom stereocenters. The number of benzene rings is 2. The predicted molar refractivity (Wildman–Crippen MR) is 117 cm³/mol. The van der Waals surface area contributed by atoms with Crippen LogP contribution in [0.4, 0.5) is 5.13 Å². The molecule has 1 saturated heterocycles. The molecule has 3 aromatic rings. The molecule has 0 aliphatic carbocycles. The third-order valence-corrected chi connectivity index (χ3v) is 7.86. The highest BCUT2D eigenvalue weighted by Gasteiger charge is 2.27. The first-order chi connectivity index (χ1) is 14.4. The summed E-state index contributed by atoms with van der Waals surface area (Å²) in [5.74, 6) is -0.404. The molecular weight excluding hydrogens is 420 g/mol. The number of aromatic nitrogens is 2. The van der Waals surface area contributed by atoms with Crippen LogP contribution in [-0.2, 0) is 10.0 Å². The van der Waals surface area contributed by atoms with E-state index in [4.69, 9.17) is 0 Å². The van der Waals surface area contributed by atoms with Crippen LogP contribution in [0, 0.1) is 6.92 Å². The molecule has 0 spiro atoms. The summed E-state index contributed by atoms with van der Waals surface area (Å²) in [4.78, 5) is 13.0. The number of anilines is 1. The van der Waals surface area contributed by atoms with Crippen LogP contribution in [0.15, 0.2) is 53.4 Å². The molecule has 1 fully saturated rings. The first-order valence-corrected chi connectivity index (χ1v) is 12.0. The van der Waals surface area contributed by atoms with Crippen LogP contribution in [0.3, 0.4) is 0 Å². The van der Waals surface area contributed by atoms with Crippen molar-refractivity contribution in [1.29, 1.82) is 0 Å². The monoisotopic (exact) mass is 442 g/mol. The highest BCUT2D eigenvalue weighted by atomic mass is 32.2. The number of carbonyl (C=O) groups is 1. The molecule has 9 heteroatoms. The minimum Gasteiger partial charge on any atom is -0.296 e. The van der Waals surface area contributed by atoms with Gasteiger partial charge in [-0.25, -0.2) is 8.42 Å². The maximum atomic E-state index is 13.0. The fourth-order valence-corrected chi connectivity index (χ4v) is 5.68. The van der Waals surface area contributed by atoms with Gasteiger partial charge in [-0.15, -0.1) is 10.2 Å². The fraction of sp³-hybridized carbons (Fsp3) is 0.286. The Morgan fingerprint density at radius 2 is 1.77 bits per heavy atom. The van der Waals surface area contributed by atoms with Gasteiger partial charge < -0.3 is 0 Å². The summed E-state index contributed by atoms with van der Waals surface area (Å²) in [5.41, 5.74) is 1.92. The number of piperidine rings is 1. The molecule has 1 amide bonds. The Bertz CT molecular complexity index is 1150. The Morgan fingerprint density at radius 1 is 1.03 bits per heavy atom. The van der Waals surface area contributed by atoms with Crippen molar-refractivity contribution < 1.29 is 13.2 Å². The summed E-state index contributed by atoms with van der Waals surface area (Å²) in [5, 5.41) is 12.0. The molecule has 0 unspecified atom stereocenters. The summed E-state index contributed by atoms with van der Waals surface area (Å²) in [6, 6.07) is 14.3. The van der Waals surface area contributed by atoms with Crippen molar-refractivity contribution in [2.75, 3.05) is 18.4 Å². The van der Waals surface area contributed by atoms with E-state index in [0.29, 0.717) is 34.4 Å². The minimum absolute atomic E-state index is 0.141. The molecule has 4 rings (SSSR count). The highest BCUT2D eigenvalue weighted by molar-refractivity contribution is 7.89. The largest absolute Gasteiger partial charge is 0.296 e. The lowest BCUT2D eigenvalue weighted by molar-refractivity contribution is 0.102. The first-order valence-electron chi connectivity index (χ1n) is 9.76. The number of sulfonamides is 1. The second-order valence-electron chi connectivity index (χ2n) is 7.17. The first kappa shape index (κ1) is 20.6. The Morgan fingerprint density at radius 3 is 2.50 bits per heavy atom. The number of amides is 1. The second-order valence-corrected chi connectivity index (χ2v) is 10.1. The summed E-state index contributed by atoms with van der Waals surface area (Å²) in [6.07, 6.45) is 2.76. The Kier molecular flexibility index (Phi) is 5.94. The van der Waals surface area contributed by atoms with Gasteiger partial charge in [0, 0.05) is 24.2 Å². The van der Waals surface area contributed by atoms with E-state index < -0.39 is 15.9 Å². The molecule has 1 N–H and O–H groups in total. The van der Waals surface area contributed by atoms with Crippen LogP contribution in [0.2, 0.25) is 0 Å². The van der Waals surface area contributed by atoms with Crippen LogP contribution in [0.1, 0.15) is 35.2 Å². The summed E-state index contributed by atoms with van der Waals surface area (Å²) in [6.45, 7) is 2.82. The van der Waals surface area contributed by atoms with Crippen molar-refractivity contribution in [2.24, 2.45) is 0 Å². The SMILES string of the molecule is Cc1ccc(S(=O)(=O)N2CCCCC2)cc1C(=O)Nc1nnc(-c2ccccc2)s1. The maximum Gasteiger partial charge on any atom is 0.257 e. The summed E-state index contributed by atoms with van der Waals surface area (Å²) in [7, 11) is -3.61.